The van der Waals surface area contributed by atoms with Gasteiger partial charge in [0.15, 0.2) is 0 Å². The summed E-state index contributed by atoms with van der Waals surface area (Å²) in [5.74, 6) is 0. The summed E-state index contributed by atoms with van der Waals surface area (Å²) in [7, 11) is 19.7. The molecule has 4 radical (unpaired) electrons. The first-order valence-corrected chi connectivity index (χ1v) is 15.2. The summed E-state index contributed by atoms with van der Waals surface area (Å²) in [5, 5.41) is 0. The zero-order valence-corrected chi connectivity index (χ0v) is 12.2. The number of rotatable bonds is 0. The first kappa shape index (κ1) is 22.4. The second-order valence-electron chi connectivity index (χ2n) is 0.143. The molecule has 52 valence electrons. The van der Waals surface area contributed by atoms with Gasteiger partial charge in [-0.25, -0.2) is 0 Å². The van der Waals surface area contributed by atoms with Gasteiger partial charge in [0.05, 0.1) is 0 Å². The second kappa shape index (κ2) is 33.3. The van der Waals surface area contributed by atoms with Crippen LogP contribution < -0.4 is 0 Å². The van der Waals surface area contributed by atoms with E-state index in [9.17, 15) is 0 Å². The molecule has 0 amide bonds. The van der Waals surface area contributed by atoms with Gasteiger partial charge >= 0.3 is 73.5 Å². The third kappa shape index (κ3) is 71.3. The molecule has 8 heteroatoms. The first-order chi connectivity index (χ1) is 2.83. The van der Waals surface area contributed by atoms with Crippen LogP contribution in [0.2, 0.25) is 0 Å². The van der Waals surface area contributed by atoms with Gasteiger partial charge in [0.25, 0.3) is 0 Å². The molecule has 0 aromatic heterocycles. The van der Waals surface area contributed by atoms with Crippen molar-refractivity contribution >= 4 is 73.5 Å². The zero-order chi connectivity index (χ0) is 5.41. The summed E-state index contributed by atoms with van der Waals surface area (Å²) in [6.07, 6.45) is 0. The van der Waals surface area contributed by atoms with Crippen LogP contribution in [0.4, 0.5) is 0 Å². The zero-order valence-electron chi connectivity index (χ0n) is 3.51. The van der Waals surface area contributed by atoms with E-state index in [1.54, 1.807) is 0 Å². The number of hydrogen-bond acceptors (Lipinski definition) is 0. The van der Waals surface area contributed by atoms with E-state index in [0.29, 0.717) is 0 Å². The Morgan fingerprint density at radius 3 is 0.625 bits per heavy atom. The fourth-order valence-electron chi connectivity index (χ4n) is 0. The molecule has 0 unspecified atom stereocenters. The van der Waals surface area contributed by atoms with Crippen molar-refractivity contribution in [2.24, 2.45) is 0 Å². The van der Waals surface area contributed by atoms with Crippen molar-refractivity contribution in [2.45, 2.75) is 0 Å². The molecule has 0 aliphatic heterocycles. The van der Waals surface area contributed by atoms with E-state index in [4.69, 9.17) is 35.7 Å². The molecule has 0 aromatic rings. The van der Waals surface area contributed by atoms with E-state index < -0.39 is 37.8 Å². The summed E-state index contributed by atoms with van der Waals surface area (Å²) in [5.41, 5.74) is 0. The Labute approximate surface area is 83.1 Å². The van der Waals surface area contributed by atoms with E-state index in [1.165, 1.54) is 0 Å². The van der Waals surface area contributed by atoms with Gasteiger partial charge in [-0.05, 0) is 0 Å². The van der Waals surface area contributed by atoms with Crippen molar-refractivity contribution in [1.29, 1.82) is 0 Å². The molecule has 0 bridgehead atoms. The molecular formula is H4Cl4O2Sn2. The Balaban J connectivity index is -0.0000000160. The van der Waals surface area contributed by atoms with Gasteiger partial charge in [-0.1, -0.05) is 0 Å². The maximum absolute atomic E-state index is 4.93. The van der Waals surface area contributed by atoms with Crippen LogP contribution in [0.25, 0.3) is 0 Å². The number of hydrogen-bond donors (Lipinski definition) is 0. The minimum absolute atomic E-state index is 0. The van der Waals surface area contributed by atoms with Crippen LogP contribution in [0.3, 0.4) is 0 Å². The van der Waals surface area contributed by atoms with Gasteiger partial charge < -0.3 is 11.0 Å². The van der Waals surface area contributed by atoms with Gasteiger partial charge in [-0.2, -0.15) is 0 Å². The predicted molar refractivity (Wildman–Crippen MR) is 42.1 cm³/mol. The SMILES string of the molecule is O.O.[Cl][Sn][Cl].[Cl][Sn][Cl]. The molecule has 0 fully saturated rings. The van der Waals surface area contributed by atoms with Crippen LogP contribution in [0.5, 0.6) is 0 Å². The standard InChI is InChI=1S/4ClH.2H2O.2Sn/h4*1H;2*1H2;;/q;;;;;;2*+2/p-4. The van der Waals surface area contributed by atoms with Crippen molar-refractivity contribution in [3.63, 3.8) is 0 Å². The molecular weight excluding hydrogens is 411 g/mol. The molecule has 0 saturated carbocycles. The van der Waals surface area contributed by atoms with Crippen molar-refractivity contribution in [2.75, 3.05) is 0 Å². The third-order valence-corrected chi connectivity index (χ3v) is 0. The summed E-state index contributed by atoms with van der Waals surface area (Å²) in [6.45, 7) is 0. The average molecular weight is 415 g/mol. The molecule has 4 N–H and O–H groups in total. The fourth-order valence-corrected chi connectivity index (χ4v) is 0. The van der Waals surface area contributed by atoms with Crippen LogP contribution in [-0.2, 0) is 0 Å². The molecule has 0 saturated heterocycles. The van der Waals surface area contributed by atoms with Crippen molar-refractivity contribution in [3.05, 3.63) is 0 Å². The van der Waals surface area contributed by atoms with Crippen LogP contribution >= 0.6 is 35.7 Å². The summed E-state index contributed by atoms with van der Waals surface area (Å²) in [4.78, 5) is 0. The fraction of sp³-hybridized carbons (Fsp3) is 0. The summed E-state index contributed by atoms with van der Waals surface area (Å²) in [6, 6.07) is 0. The maximum atomic E-state index is 4.93. The van der Waals surface area contributed by atoms with E-state index in [-0.39, 0.29) is 11.0 Å². The average Bonchev–Trinajstić information content (AvgIpc) is 1.39. The summed E-state index contributed by atoms with van der Waals surface area (Å²) >= 11 is -1.65. The van der Waals surface area contributed by atoms with E-state index in [0.717, 1.165) is 0 Å². The molecule has 2 nitrogen and oxygen atoms in total. The molecule has 8 heavy (non-hydrogen) atoms. The van der Waals surface area contributed by atoms with Crippen LogP contribution in [0.15, 0.2) is 0 Å². The molecule has 0 aliphatic rings. The molecule has 0 aliphatic carbocycles. The van der Waals surface area contributed by atoms with E-state index in [2.05, 4.69) is 0 Å². The van der Waals surface area contributed by atoms with Crippen molar-refractivity contribution < 1.29 is 11.0 Å². The summed E-state index contributed by atoms with van der Waals surface area (Å²) < 4.78 is 0. The monoisotopic (exact) mass is 416 g/mol. The minimum atomic E-state index is -0.826. The Kier molecular flexibility index (Phi) is 93.4. The van der Waals surface area contributed by atoms with Crippen molar-refractivity contribution in [1.82, 2.24) is 0 Å². The topological polar surface area (TPSA) is 63.0 Å². The Morgan fingerprint density at radius 2 is 0.625 bits per heavy atom. The first-order valence-electron chi connectivity index (χ1n) is 0.756. The van der Waals surface area contributed by atoms with Gasteiger partial charge in [-0.3, -0.25) is 0 Å². The molecule has 0 atom stereocenters. The van der Waals surface area contributed by atoms with Gasteiger partial charge in [0.2, 0.25) is 0 Å². The van der Waals surface area contributed by atoms with Crippen LogP contribution in [0.1, 0.15) is 0 Å². The van der Waals surface area contributed by atoms with Gasteiger partial charge in [-0.15, -0.1) is 0 Å². The second-order valence-corrected chi connectivity index (χ2v) is 8.62. The molecule has 0 spiro atoms. The van der Waals surface area contributed by atoms with Crippen molar-refractivity contribution in [3.8, 4) is 0 Å². The quantitative estimate of drug-likeness (QED) is 0.513. The molecule has 0 aromatic carbocycles. The molecule has 0 rings (SSSR count). The van der Waals surface area contributed by atoms with Gasteiger partial charge in [0, 0.05) is 0 Å². The number of halogens is 4. The normalized spacial score (nSPS) is 4.50. The third-order valence-electron chi connectivity index (χ3n) is 0. The Hall–Kier alpha value is 2.68. The van der Waals surface area contributed by atoms with E-state index >= 15 is 0 Å². The predicted octanol–water partition coefficient (Wildman–Crippen LogP) is 0.347. The molecule has 0 heterocycles. The van der Waals surface area contributed by atoms with Crippen LogP contribution in [-0.4, -0.2) is 48.7 Å². The Morgan fingerprint density at radius 1 is 0.625 bits per heavy atom. The Bertz CT molecular complexity index is 14.0. The van der Waals surface area contributed by atoms with E-state index in [1.807, 2.05) is 0 Å². The van der Waals surface area contributed by atoms with Crippen LogP contribution in [0, 0.1) is 0 Å². The van der Waals surface area contributed by atoms with Gasteiger partial charge in [0.1, 0.15) is 0 Å².